The van der Waals surface area contributed by atoms with Gasteiger partial charge in [0.05, 0.1) is 11.0 Å². The number of esters is 1. The van der Waals surface area contributed by atoms with Gasteiger partial charge in [0.15, 0.2) is 0 Å². The summed E-state index contributed by atoms with van der Waals surface area (Å²) in [5.74, 6) is -0.494. The minimum absolute atomic E-state index is 0.0150. The van der Waals surface area contributed by atoms with Gasteiger partial charge in [-0.05, 0) is 32.1 Å². The molecule has 0 aromatic rings. The normalized spacial score (nSPS) is 49.6. The van der Waals surface area contributed by atoms with Crippen LogP contribution in [-0.4, -0.2) is 28.6 Å². The summed E-state index contributed by atoms with van der Waals surface area (Å²) < 4.78 is 5.44. The van der Waals surface area contributed by atoms with Crippen molar-refractivity contribution in [3.8, 4) is 0 Å². The maximum absolute atomic E-state index is 12.4. The summed E-state index contributed by atoms with van der Waals surface area (Å²) in [6.45, 7) is 7.57. The van der Waals surface area contributed by atoms with Gasteiger partial charge in [0.2, 0.25) is 0 Å². The minimum Gasteiger partial charge on any atom is -0.457 e. The maximum Gasteiger partial charge on any atom is 0.334 e. The SMILES string of the molecule is C=C1C(=O)O[C@H]2[C@H]1CC[C@@H](C)[C@@]1(O)CCC(=O)[C@]21C. The number of ether oxygens (including phenoxy) is 1. The Bertz CT molecular complexity index is 483. The molecule has 0 spiro atoms. The third kappa shape index (κ3) is 1.33. The summed E-state index contributed by atoms with van der Waals surface area (Å²) in [4.78, 5) is 24.2. The highest BCUT2D eigenvalue weighted by Gasteiger charge is 2.68. The van der Waals surface area contributed by atoms with Gasteiger partial charge in [-0.2, -0.15) is 0 Å². The molecule has 0 aromatic heterocycles. The first-order valence-corrected chi connectivity index (χ1v) is 6.98. The molecule has 0 unspecified atom stereocenters. The van der Waals surface area contributed by atoms with E-state index in [0.29, 0.717) is 18.4 Å². The fourth-order valence-electron chi connectivity index (χ4n) is 4.35. The summed E-state index contributed by atoms with van der Waals surface area (Å²) in [6, 6.07) is 0. The van der Waals surface area contributed by atoms with E-state index in [0.717, 1.165) is 12.8 Å². The lowest BCUT2D eigenvalue weighted by molar-refractivity contribution is -0.171. The molecule has 1 N–H and O–H groups in total. The van der Waals surface area contributed by atoms with Crippen LogP contribution in [0.2, 0.25) is 0 Å². The molecule has 5 atom stereocenters. The van der Waals surface area contributed by atoms with Gasteiger partial charge in [-0.25, -0.2) is 4.79 Å². The highest BCUT2D eigenvalue weighted by atomic mass is 16.6. The number of carbonyl (C=O) groups is 2. The minimum atomic E-state index is -1.06. The molecule has 3 aliphatic rings. The number of aliphatic hydroxyl groups is 1. The van der Waals surface area contributed by atoms with E-state index >= 15 is 0 Å². The second-order valence-electron chi connectivity index (χ2n) is 6.49. The van der Waals surface area contributed by atoms with Crippen molar-refractivity contribution in [2.75, 3.05) is 0 Å². The van der Waals surface area contributed by atoms with Crippen molar-refractivity contribution >= 4 is 11.8 Å². The van der Waals surface area contributed by atoms with Crippen molar-refractivity contribution in [1.29, 1.82) is 0 Å². The van der Waals surface area contributed by atoms with Crippen LogP contribution in [0.1, 0.15) is 39.5 Å². The van der Waals surface area contributed by atoms with Crippen LogP contribution < -0.4 is 0 Å². The topological polar surface area (TPSA) is 63.6 Å². The van der Waals surface area contributed by atoms with E-state index < -0.39 is 23.1 Å². The molecule has 19 heavy (non-hydrogen) atoms. The molecule has 1 saturated heterocycles. The third-order valence-electron chi connectivity index (χ3n) is 5.82. The summed E-state index contributed by atoms with van der Waals surface area (Å²) in [5, 5.41) is 11.1. The Hall–Kier alpha value is -1.16. The highest BCUT2D eigenvalue weighted by Crippen LogP contribution is 2.58. The third-order valence-corrected chi connectivity index (χ3v) is 5.82. The van der Waals surface area contributed by atoms with Crippen molar-refractivity contribution in [2.24, 2.45) is 17.3 Å². The lowest BCUT2D eigenvalue weighted by Gasteiger charge is -2.43. The fourth-order valence-corrected chi connectivity index (χ4v) is 4.35. The predicted octanol–water partition coefficient (Wildman–Crippen LogP) is 1.61. The quantitative estimate of drug-likeness (QED) is 0.533. The Morgan fingerprint density at radius 1 is 1.37 bits per heavy atom. The van der Waals surface area contributed by atoms with E-state index in [-0.39, 0.29) is 17.6 Å². The van der Waals surface area contributed by atoms with E-state index in [9.17, 15) is 14.7 Å². The van der Waals surface area contributed by atoms with E-state index in [2.05, 4.69) is 6.58 Å². The van der Waals surface area contributed by atoms with Crippen molar-refractivity contribution in [2.45, 2.75) is 51.2 Å². The second kappa shape index (κ2) is 3.69. The summed E-state index contributed by atoms with van der Waals surface area (Å²) >= 11 is 0. The first-order chi connectivity index (χ1) is 8.82. The summed E-state index contributed by atoms with van der Waals surface area (Å²) in [7, 11) is 0. The van der Waals surface area contributed by atoms with Gasteiger partial charge in [0.1, 0.15) is 11.9 Å². The van der Waals surface area contributed by atoms with Crippen LogP contribution in [0.25, 0.3) is 0 Å². The average Bonchev–Trinajstić information content (AvgIpc) is 2.76. The number of hydrogen-bond donors (Lipinski definition) is 1. The zero-order valence-corrected chi connectivity index (χ0v) is 11.4. The van der Waals surface area contributed by atoms with Crippen LogP contribution >= 0.6 is 0 Å². The molecule has 2 aliphatic carbocycles. The van der Waals surface area contributed by atoms with Crippen LogP contribution in [0.15, 0.2) is 12.2 Å². The van der Waals surface area contributed by atoms with E-state index in [1.54, 1.807) is 6.92 Å². The Morgan fingerprint density at radius 3 is 2.74 bits per heavy atom. The number of rotatable bonds is 0. The molecule has 0 amide bonds. The fraction of sp³-hybridized carbons (Fsp3) is 0.733. The van der Waals surface area contributed by atoms with Crippen LogP contribution in [0.4, 0.5) is 0 Å². The van der Waals surface area contributed by atoms with Gasteiger partial charge >= 0.3 is 5.97 Å². The number of hydrogen-bond acceptors (Lipinski definition) is 4. The lowest BCUT2D eigenvalue weighted by atomic mass is 9.65. The molecule has 0 bridgehead atoms. The Morgan fingerprint density at radius 2 is 2.05 bits per heavy atom. The zero-order chi connectivity index (χ0) is 14.0. The van der Waals surface area contributed by atoms with E-state index in [1.165, 1.54) is 0 Å². The van der Waals surface area contributed by atoms with E-state index in [4.69, 9.17) is 4.74 Å². The van der Waals surface area contributed by atoms with Crippen LogP contribution in [0.5, 0.6) is 0 Å². The van der Waals surface area contributed by atoms with Crippen molar-refractivity contribution in [3.63, 3.8) is 0 Å². The molecule has 3 fully saturated rings. The van der Waals surface area contributed by atoms with Gasteiger partial charge in [0, 0.05) is 17.9 Å². The molecule has 1 aliphatic heterocycles. The van der Waals surface area contributed by atoms with Gasteiger partial charge in [-0.3, -0.25) is 4.79 Å². The summed E-state index contributed by atoms with van der Waals surface area (Å²) in [6.07, 6.45) is 1.83. The zero-order valence-electron chi connectivity index (χ0n) is 11.4. The van der Waals surface area contributed by atoms with Crippen LogP contribution in [0.3, 0.4) is 0 Å². The smallest absolute Gasteiger partial charge is 0.334 e. The second-order valence-corrected chi connectivity index (χ2v) is 6.49. The standard InChI is InChI=1S/C15H20O4/c1-8-4-5-10-9(2)13(17)19-12(10)14(3)11(16)6-7-15(8,14)18/h8,10,12,18H,2,4-7H2,1,3H3/t8-,10+,12+,14-,15+/m1/s1. The Labute approximate surface area is 112 Å². The van der Waals surface area contributed by atoms with Gasteiger partial charge in [-0.15, -0.1) is 0 Å². The molecular weight excluding hydrogens is 244 g/mol. The van der Waals surface area contributed by atoms with Gasteiger partial charge < -0.3 is 9.84 Å². The van der Waals surface area contributed by atoms with Gasteiger partial charge in [-0.1, -0.05) is 13.5 Å². The number of fused-ring (bicyclic) bond motifs is 3. The molecule has 4 heteroatoms. The van der Waals surface area contributed by atoms with Crippen LogP contribution in [-0.2, 0) is 14.3 Å². The first kappa shape index (κ1) is 12.9. The van der Waals surface area contributed by atoms with Crippen molar-refractivity contribution < 1.29 is 19.4 Å². The van der Waals surface area contributed by atoms with E-state index in [1.807, 2.05) is 6.92 Å². The Kier molecular flexibility index (Phi) is 2.50. The predicted molar refractivity (Wildman–Crippen MR) is 68.2 cm³/mol. The molecule has 104 valence electrons. The number of Topliss-reactive ketones (excluding diaryl/α,β-unsaturated/α-hetero) is 1. The Balaban J connectivity index is 2.14. The molecule has 0 radical (unpaired) electrons. The monoisotopic (exact) mass is 264 g/mol. The molecule has 1 heterocycles. The molecular formula is C15H20O4. The van der Waals surface area contributed by atoms with Crippen molar-refractivity contribution in [1.82, 2.24) is 0 Å². The molecule has 4 nitrogen and oxygen atoms in total. The van der Waals surface area contributed by atoms with Crippen LogP contribution in [0, 0.1) is 17.3 Å². The molecule has 0 aromatic carbocycles. The first-order valence-electron chi connectivity index (χ1n) is 6.98. The number of carbonyl (C=O) groups excluding carboxylic acids is 2. The maximum atomic E-state index is 12.4. The number of ketones is 1. The van der Waals surface area contributed by atoms with Crippen molar-refractivity contribution in [3.05, 3.63) is 12.2 Å². The summed E-state index contributed by atoms with van der Waals surface area (Å²) in [5.41, 5.74) is -1.58. The van der Waals surface area contributed by atoms with Gasteiger partial charge in [0.25, 0.3) is 0 Å². The highest BCUT2D eigenvalue weighted by molar-refractivity contribution is 5.94. The lowest BCUT2D eigenvalue weighted by Crippen LogP contribution is -2.56. The average molecular weight is 264 g/mol. The molecule has 2 saturated carbocycles. The molecule has 3 rings (SSSR count). The largest absolute Gasteiger partial charge is 0.457 e.